The molecule has 0 aromatic heterocycles. The maximum atomic E-state index is 13.2. The van der Waals surface area contributed by atoms with Gasteiger partial charge in [-0.25, -0.2) is 4.79 Å². The quantitative estimate of drug-likeness (QED) is 0.654. The highest BCUT2D eigenvalue weighted by Gasteiger charge is 2.36. The van der Waals surface area contributed by atoms with E-state index in [1.54, 1.807) is 45.9 Å². The number of rotatable bonds is 6. The number of hydrogen-bond acceptors (Lipinski definition) is 5. The van der Waals surface area contributed by atoms with Crippen LogP contribution in [0.1, 0.15) is 67.0 Å². The highest BCUT2D eigenvalue weighted by molar-refractivity contribution is 5.92. The number of nitrogens with one attached hydrogen (secondary N) is 2. The second-order valence-electron chi connectivity index (χ2n) is 9.19. The molecule has 0 saturated carbocycles. The highest BCUT2D eigenvalue weighted by atomic mass is 16.6. The van der Waals surface area contributed by atoms with E-state index in [-0.39, 0.29) is 12.3 Å². The molecule has 0 bridgehead atoms. The molecule has 2 atom stereocenters. The SMILES string of the molecule is CCN(C(=O)C(C)NC(=O)OC(C)(C)C)C(C(=O)NC(C)(C)C)c1ccccc1O. The van der Waals surface area contributed by atoms with Crippen LogP contribution in [0.3, 0.4) is 0 Å². The summed E-state index contributed by atoms with van der Waals surface area (Å²) >= 11 is 0. The van der Waals surface area contributed by atoms with Gasteiger partial charge in [0.2, 0.25) is 11.8 Å². The first-order valence-corrected chi connectivity index (χ1v) is 10.1. The number of alkyl carbamates (subject to hydrolysis) is 1. The van der Waals surface area contributed by atoms with Gasteiger partial charge in [-0.15, -0.1) is 0 Å². The molecule has 1 rings (SSSR count). The van der Waals surface area contributed by atoms with Crippen LogP contribution in [-0.4, -0.2) is 51.6 Å². The van der Waals surface area contributed by atoms with Crippen molar-refractivity contribution >= 4 is 17.9 Å². The molecule has 30 heavy (non-hydrogen) atoms. The number of amides is 3. The predicted octanol–water partition coefficient (Wildman–Crippen LogP) is 3.11. The number of nitrogens with zero attached hydrogens (tertiary/aromatic N) is 1. The number of aromatic hydroxyl groups is 1. The average Bonchev–Trinajstić information content (AvgIpc) is 2.56. The van der Waals surface area contributed by atoms with Gasteiger partial charge in [0, 0.05) is 17.6 Å². The molecule has 1 aromatic rings. The first kappa shape index (κ1) is 25.3. The largest absolute Gasteiger partial charge is 0.508 e. The average molecular weight is 422 g/mol. The second-order valence-corrected chi connectivity index (χ2v) is 9.19. The number of carbonyl (C=O) groups is 3. The van der Waals surface area contributed by atoms with E-state index in [0.717, 1.165) is 0 Å². The Bertz CT molecular complexity index is 765. The monoisotopic (exact) mass is 421 g/mol. The summed E-state index contributed by atoms with van der Waals surface area (Å²) in [5.74, 6) is -0.991. The molecule has 0 spiro atoms. The Morgan fingerprint density at radius 1 is 1.10 bits per heavy atom. The molecule has 3 N–H and O–H groups in total. The van der Waals surface area contributed by atoms with E-state index in [1.807, 2.05) is 20.8 Å². The highest BCUT2D eigenvalue weighted by Crippen LogP contribution is 2.30. The molecule has 8 heteroatoms. The number of para-hydroxylation sites is 1. The van der Waals surface area contributed by atoms with Crippen LogP contribution in [0.25, 0.3) is 0 Å². The minimum absolute atomic E-state index is 0.0921. The molecular formula is C22H35N3O5. The van der Waals surface area contributed by atoms with Gasteiger partial charge in [0.1, 0.15) is 23.4 Å². The number of hydrogen-bond donors (Lipinski definition) is 3. The van der Waals surface area contributed by atoms with Crippen LogP contribution >= 0.6 is 0 Å². The molecular weight excluding hydrogens is 386 g/mol. The van der Waals surface area contributed by atoms with Crippen molar-refractivity contribution in [3.05, 3.63) is 29.8 Å². The standard InChI is InChI=1S/C22H35N3O5/c1-9-25(19(28)14(2)23-20(29)30-22(6,7)8)17(18(27)24-21(3,4)5)15-12-10-11-13-16(15)26/h10-14,17,26H,9H2,1-8H3,(H,23,29)(H,24,27). The Morgan fingerprint density at radius 2 is 1.67 bits per heavy atom. The van der Waals surface area contributed by atoms with Gasteiger partial charge in [-0.3, -0.25) is 9.59 Å². The van der Waals surface area contributed by atoms with Crippen LogP contribution in [0.15, 0.2) is 24.3 Å². The second kappa shape index (κ2) is 9.82. The third-order valence-corrected chi connectivity index (χ3v) is 4.02. The van der Waals surface area contributed by atoms with Crippen molar-refractivity contribution in [3.63, 3.8) is 0 Å². The lowest BCUT2D eigenvalue weighted by molar-refractivity contribution is -0.142. The van der Waals surface area contributed by atoms with Gasteiger partial charge >= 0.3 is 6.09 Å². The van der Waals surface area contributed by atoms with Crippen molar-refractivity contribution < 1.29 is 24.2 Å². The molecule has 2 unspecified atom stereocenters. The minimum atomic E-state index is -1.06. The molecule has 1 aromatic carbocycles. The van der Waals surface area contributed by atoms with Gasteiger partial charge in [0.15, 0.2) is 0 Å². The normalized spacial score (nSPS) is 13.7. The minimum Gasteiger partial charge on any atom is -0.508 e. The fraction of sp³-hybridized carbons (Fsp3) is 0.591. The van der Waals surface area contributed by atoms with Gasteiger partial charge in [-0.1, -0.05) is 18.2 Å². The zero-order chi connectivity index (χ0) is 23.3. The van der Waals surface area contributed by atoms with E-state index in [9.17, 15) is 19.5 Å². The van der Waals surface area contributed by atoms with Crippen molar-refractivity contribution in [1.82, 2.24) is 15.5 Å². The summed E-state index contributed by atoms with van der Waals surface area (Å²) in [5.41, 5.74) is -0.941. The zero-order valence-corrected chi connectivity index (χ0v) is 19.2. The van der Waals surface area contributed by atoms with Gasteiger partial charge < -0.3 is 25.4 Å². The third kappa shape index (κ3) is 7.57. The molecule has 0 aliphatic heterocycles. The number of ether oxygens (including phenoxy) is 1. The smallest absolute Gasteiger partial charge is 0.408 e. The number of benzene rings is 1. The predicted molar refractivity (Wildman–Crippen MR) is 115 cm³/mol. The van der Waals surface area contributed by atoms with Crippen molar-refractivity contribution in [3.8, 4) is 5.75 Å². The molecule has 0 aliphatic carbocycles. The summed E-state index contributed by atoms with van der Waals surface area (Å²) < 4.78 is 5.21. The molecule has 0 heterocycles. The van der Waals surface area contributed by atoms with Gasteiger partial charge in [0.25, 0.3) is 0 Å². The molecule has 0 aliphatic rings. The first-order valence-electron chi connectivity index (χ1n) is 10.1. The lowest BCUT2D eigenvalue weighted by Gasteiger charge is -2.34. The lowest BCUT2D eigenvalue weighted by Crippen LogP contribution is -2.53. The summed E-state index contributed by atoms with van der Waals surface area (Å²) in [6, 6.07) is 4.40. The topological polar surface area (TPSA) is 108 Å². The first-order chi connectivity index (χ1) is 13.7. The lowest BCUT2D eigenvalue weighted by atomic mass is 10.00. The summed E-state index contributed by atoms with van der Waals surface area (Å²) in [6.07, 6.45) is -0.724. The van der Waals surface area contributed by atoms with E-state index in [2.05, 4.69) is 10.6 Å². The summed E-state index contributed by atoms with van der Waals surface area (Å²) in [7, 11) is 0. The zero-order valence-electron chi connectivity index (χ0n) is 19.2. The maximum Gasteiger partial charge on any atom is 0.408 e. The molecule has 168 valence electrons. The molecule has 0 saturated heterocycles. The Kier molecular flexibility index (Phi) is 8.27. The fourth-order valence-corrected chi connectivity index (χ4v) is 2.87. The number of likely N-dealkylation sites (N-methyl/N-ethyl adjacent to an activating group) is 1. The maximum absolute atomic E-state index is 13.2. The van der Waals surface area contributed by atoms with Crippen LogP contribution in [-0.2, 0) is 14.3 Å². The Labute approximate surface area is 179 Å². The summed E-state index contributed by atoms with van der Waals surface area (Å²) in [6.45, 7) is 14.1. The van der Waals surface area contributed by atoms with E-state index in [1.165, 1.54) is 17.9 Å². The number of phenols is 1. The van der Waals surface area contributed by atoms with Crippen LogP contribution in [0.5, 0.6) is 5.75 Å². The van der Waals surface area contributed by atoms with Crippen LogP contribution in [0.2, 0.25) is 0 Å². The molecule has 8 nitrogen and oxygen atoms in total. The Hall–Kier alpha value is -2.77. The Morgan fingerprint density at radius 3 is 2.13 bits per heavy atom. The summed E-state index contributed by atoms with van der Waals surface area (Å²) in [4.78, 5) is 39.7. The molecule has 3 amide bonds. The van der Waals surface area contributed by atoms with Crippen molar-refractivity contribution in [2.45, 2.75) is 78.6 Å². The van der Waals surface area contributed by atoms with E-state index < -0.39 is 41.1 Å². The third-order valence-electron chi connectivity index (χ3n) is 4.02. The van der Waals surface area contributed by atoms with E-state index >= 15 is 0 Å². The van der Waals surface area contributed by atoms with Gasteiger partial charge in [-0.2, -0.15) is 0 Å². The van der Waals surface area contributed by atoms with Crippen molar-refractivity contribution in [1.29, 1.82) is 0 Å². The fourth-order valence-electron chi connectivity index (χ4n) is 2.87. The van der Waals surface area contributed by atoms with Crippen LogP contribution < -0.4 is 10.6 Å². The van der Waals surface area contributed by atoms with Gasteiger partial charge in [0.05, 0.1) is 0 Å². The van der Waals surface area contributed by atoms with Crippen molar-refractivity contribution in [2.75, 3.05) is 6.54 Å². The molecule has 0 fully saturated rings. The summed E-state index contributed by atoms with van der Waals surface area (Å²) in [5, 5.41) is 15.7. The van der Waals surface area contributed by atoms with Crippen LogP contribution in [0.4, 0.5) is 4.79 Å². The van der Waals surface area contributed by atoms with E-state index in [0.29, 0.717) is 5.56 Å². The van der Waals surface area contributed by atoms with Crippen LogP contribution in [0, 0.1) is 0 Å². The number of carbonyl (C=O) groups excluding carboxylic acids is 3. The van der Waals surface area contributed by atoms with E-state index in [4.69, 9.17) is 4.74 Å². The van der Waals surface area contributed by atoms with Crippen molar-refractivity contribution in [2.24, 2.45) is 0 Å². The van der Waals surface area contributed by atoms with Gasteiger partial charge in [-0.05, 0) is 61.5 Å². The number of phenolic OH excluding ortho intramolecular Hbond substituents is 1. The molecule has 0 radical (unpaired) electrons. The Balaban J connectivity index is 3.22.